The Labute approximate surface area is 220 Å². The number of anilines is 1. The van der Waals surface area contributed by atoms with Crippen molar-refractivity contribution in [3.63, 3.8) is 0 Å². The van der Waals surface area contributed by atoms with Crippen LogP contribution in [0.2, 0.25) is 0 Å². The van der Waals surface area contributed by atoms with Crippen LogP contribution in [0.5, 0.6) is 5.75 Å². The van der Waals surface area contributed by atoms with Crippen LogP contribution in [0.15, 0.2) is 72.8 Å². The van der Waals surface area contributed by atoms with Crippen LogP contribution in [-0.4, -0.2) is 29.4 Å². The number of hydrogen-bond acceptors (Lipinski definition) is 3. The smallest absolute Gasteiger partial charge is 0.254 e. The molecule has 1 aliphatic rings. The summed E-state index contributed by atoms with van der Waals surface area (Å²) in [6.45, 7) is 7.35. The molecule has 0 fully saturated rings. The molecule has 3 aromatic carbocycles. The number of nitrogens with one attached hydrogen (secondary N) is 1. The number of unbranched alkanes of at least 4 members (excludes halogenated alkanes) is 2. The molecule has 5 heteroatoms. The molecule has 1 heterocycles. The lowest BCUT2D eigenvalue weighted by Gasteiger charge is -2.36. The zero-order valence-corrected chi connectivity index (χ0v) is 22.2. The van der Waals surface area contributed by atoms with Crippen molar-refractivity contribution in [1.82, 2.24) is 4.90 Å². The van der Waals surface area contributed by atoms with Gasteiger partial charge in [-0.25, -0.2) is 0 Å². The maximum absolute atomic E-state index is 13.7. The zero-order chi connectivity index (χ0) is 26.2. The van der Waals surface area contributed by atoms with Gasteiger partial charge in [0, 0.05) is 24.2 Å². The zero-order valence-electron chi connectivity index (χ0n) is 22.2. The van der Waals surface area contributed by atoms with Gasteiger partial charge in [-0.1, -0.05) is 76.1 Å². The fraction of sp³-hybridized carbons (Fsp3) is 0.375. The Kier molecular flexibility index (Phi) is 8.99. The van der Waals surface area contributed by atoms with Crippen LogP contribution in [0.25, 0.3) is 0 Å². The van der Waals surface area contributed by atoms with Gasteiger partial charge in [-0.2, -0.15) is 0 Å². The predicted molar refractivity (Wildman–Crippen MR) is 149 cm³/mol. The lowest BCUT2D eigenvalue weighted by Crippen LogP contribution is -2.50. The molecule has 5 nitrogen and oxygen atoms in total. The number of carbonyl (C=O) groups excluding carboxylic acids is 2. The van der Waals surface area contributed by atoms with Gasteiger partial charge in [-0.15, -0.1) is 0 Å². The van der Waals surface area contributed by atoms with E-state index in [-0.39, 0.29) is 11.8 Å². The SMILES string of the molecule is CCCCCc1ccc(NC(=O)[C@@H]2Cc3ccccc3CN2C(=O)c2cccc(OCC(C)C)c2)cc1. The van der Waals surface area contributed by atoms with E-state index in [2.05, 4.69) is 38.2 Å². The van der Waals surface area contributed by atoms with Gasteiger partial charge in [-0.05, 0) is 65.8 Å². The third-order valence-electron chi connectivity index (χ3n) is 6.77. The summed E-state index contributed by atoms with van der Waals surface area (Å²) in [5.74, 6) is 0.707. The van der Waals surface area contributed by atoms with E-state index in [0.717, 1.165) is 23.2 Å². The summed E-state index contributed by atoms with van der Waals surface area (Å²) in [7, 11) is 0. The standard InChI is InChI=1S/C32H38N2O3/c1-4-5-6-10-24-15-17-28(18-16-24)33-31(35)30-20-25-11-7-8-12-27(25)21-34(30)32(36)26-13-9-14-29(19-26)37-22-23(2)3/h7-9,11-19,23,30H,4-6,10,20-22H2,1-3H3,(H,33,35)/t30-/m0/s1. The monoisotopic (exact) mass is 498 g/mol. The molecule has 0 saturated heterocycles. The van der Waals surface area contributed by atoms with E-state index in [1.807, 2.05) is 48.5 Å². The number of amides is 2. The predicted octanol–water partition coefficient (Wildman–Crippen LogP) is 6.66. The minimum Gasteiger partial charge on any atom is -0.493 e. The summed E-state index contributed by atoms with van der Waals surface area (Å²) in [5, 5.41) is 3.06. The Hall–Kier alpha value is -3.60. The first-order chi connectivity index (χ1) is 17.9. The first kappa shape index (κ1) is 26.5. The number of benzene rings is 3. The van der Waals surface area contributed by atoms with Gasteiger partial charge in [0.05, 0.1) is 6.61 Å². The van der Waals surface area contributed by atoms with E-state index in [0.29, 0.717) is 36.8 Å². The molecule has 3 aromatic rings. The molecule has 1 N–H and O–H groups in total. The fourth-order valence-electron chi connectivity index (χ4n) is 4.68. The summed E-state index contributed by atoms with van der Waals surface area (Å²) in [6.07, 6.45) is 5.11. The molecule has 194 valence electrons. The summed E-state index contributed by atoms with van der Waals surface area (Å²) in [6, 6.07) is 22.8. The van der Waals surface area contributed by atoms with Crippen LogP contribution in [-0.2, 0) is 24.2 Å². The molecule has 0 unspecified atom stereocenters. The first-order valence-electron chi connectivity index (χ1n) is 13.4. The lowest BCUT2D eigenvalue weighted by molar-refractivity contribution is -0.121. The molecule has 37 heavy (non-hydrogen) atoms. The number of rotatable bonds is 10. The number of ether oxygens (including phenoxy) is 1. The third kappa shape index (κ3) is 7.00. The first-order valence-corrected chi connectivity index (χ1v) is 13.4. The molecule has 1 atom stereocenters. The Morgan fingerprint density at radius 1 is 0.973 bits per heavy atom. The minimum atomic E-state index is -0.605. The van der Waals surface area contributed by atoms with Crippen LogP contribution in [0.4, 0.5) is 5.69 Å². The van der Waals surface area contributed by atoms with E-state index in [4.69, 9.17) is 4.74 Å². The summed E-state index contributed by atoms with van der Waals surface area (Å²) in [4.78, 5) is 29.0. The molecule has 0 bridgehead atoms. The molecule has 4 rings (SSSR count). The van der Waals surface area contributed by atoms with Gasteiger partial charge >= 0.3 is 0 Å². The molecular weight excluding hydrogens is 460 g/mol. The molecule has 2 amide bonds. The van der Waals surface area contributed by atoms with Gasteiger partial charge in [0.2, 0.25) is 5.91 Å². The Morgan fingerprint density at radius 3 is 2.46 bits per heavy atom. The Balaban J connectivity index is 1.53. The van der Waals surface area contributed by atoms with E-state index >= 15 is 0 Å². The van der Waals surface area contributed by atoms with E-state index < -0.39 is 6.04 Å². The lowest BCUT2D eigenvalue weighted by atomic mass is 9.92. The topological polar surface area (TPSA) is 58.6 Å². The summed E-state index contributed by atoms with van der Waals surface area (Å²) in [5.41, 5.74) is 4.72. The Bertz CT molecular complexity index is 1200. The van der Waals surface area contributed by atoms with Gasteiger partial charge in [-0.3, -0.25) is 9.59 Å². The summed E-state index contributed by atoms with van der Waals surface area (Å²) >= 11 is 0. The average Bonchev–Trinajstić information content (AvgIpc) is 2.92. The number of hydrogen-bond donors (Lipinski definition) is 1. The molecule has 0 spiro atoms. The third-order valence-corrected chi connectivity index (χ3v) is 6.77. The summed E-state index contributed by atoms with van der Waals surface area (Å²) < 4.78 is 5.85. The maximum atomic E-state index is 13.7. The highest BCUT2D eigenvalue weighted by atomic mass is 16.5. The van der Waals surface area contributed by atoms with Gasteiger partial charge in [0.1, 0.15) is 11.8 Å². The molecule has 1 aliphatic heterocycles. The van der Waals surface area contributed by atoms with Crippen molar-refractivity contribution in [2.75, 3.05) is 11.9 Å². The van der Waals surface area contributed by atoms with E-state index in [1.54, 1.807) is 17.0 Å². The highest BCUT2D eigenvalue weighted by Crippen LogP contribution is 2.27. The van der Waals surface area contributed by atoms with Crippen molar-refractivity contribution < 1.29 is 14.3 Å². The van der Waals surface area contributed by atoms with Crippen LogP contribution < -0.4 is 10.1 Å². The van der Waals surface area contributed by atoms with Crippen molar-refractivity contribution >= 4 is 17.5 Å². The quantitative estimate of drug-likeness (QED) is 0.318. The maximum Gasteiger partial charge on any atom is 0.254 e. The number of nitrogens with zero attached hydrogens (tertiary/aromatic N) is 1. The van der Waals surface area contributed by atoms with Gasteiger partial charge < -0.3 is 15.0 Å². The molecular formula is C32H38N2O3. The molecule has 0 radical (unpaired) electrons. The number of carbonyl (C=O) groups is 2. The highest BCUT2D eigenvalue weighted by Gasteiger charge is 2.35. The van der Waals surface area contributed by atoms with Crippen LogP contribution in [0, 0.1) is 5.92 Å². The van der Waals surface area contributed by atoms with Crippen LogP contribution in [0.1, 0.15) is 67.1 Å². The normalized spacial score (nSPS) is 14.8. The molecule has 0 saturated carbocycles. The second-order valence-electron chi connectivity index (χ2n) is 10.3. The average molecular weight is 499 g/mol. The van der Waals surface area contributed by atoms with Crippen molar-refractivity contribution in [2.45, 2.75) is 65.5 Å². The number of aryl methyl sites for hydroxylation is 1. The minimum absolute atomic E-state index is 0.170. The fourth-order valence-corrected chi connectivity index (χ4v) is 4.68. The van der Waals surface area contributed by atoms with E-state index in [9.17, 15) is 9.59 Å². The second kappa shape index (κ2) is 12.6. The number of fused-ring (bicyclic) bond motifs is 1. The molecule has 0 aromatic heterocycles. The molecule has 0 aliphatic carbocycles. The largest absolute Gasteiger partial charge is 0.493 e. The van der Waals surface area contributed by atoms with Crippen molar-refractivity contribution in [3.8, 4) is 5.75 Å². The van der Waals surface area contributed by atoms with Crippen LogP contribution >= 0.6 is 0 Å². The second-order valence-corrected chi connectivity index (χ2v) is 10.3. The van der Waals surface area contributed by atoms with Crippen molar-refractivity contribution in [1.29, 1.82) is 0 Å². The van der Waals surface area contributed by atoms with E-state index in [1.165, 1.54) is 24.8 Å². The van der Waals surface area contributed by atoms with Crippen molar-refractivity contribution in [3.05, 3.63) is 95.1 Å². The van der Waals surface area contributed by atoms with Crippen molar-refractivity contribution in [2.24, 2.45) is 5.92 Å². The van der Waals surface area contributed by atoms with Crippen LogP contribution in [0.3, 0.4) is 0 Å². The Morgan fingerprint density at radius 2 is 1.73 bits per heavy atom. The van der Waals surface area contributed by atoms with Gasteiger partial charge in [0.25, 0.3) is 5.91 Å². The van der Waals surface area contributed by atoms with Gasteiger partial charge in [0.15, 0.2) is 0 Å². The highest BCUT2D eigenvalue weighted by molar-refractivity contribution is 6.01.